The molecule has 0 aliphatic rings. The summed E-state index contributed by atoms with van der Waals surface area (Å²) in [6.45, 7) is 0. The average molecular weight is 213 g/mol. The number of carbonyl (C=O) groups excluding carboxylic acids is 1. The van der Waals surface area contributed by atoms with E-state index < -0.39 is 6.16 Å². The largest absolute Gasteiger partial charge is 0.519 e. The third-order valence-electron chi connectivity index (χ3n) is 1.82. The van der Waals surface area contributed by atoms with E-state index in [9.17, 15) is 4.79 Å². The Labute approximate surface area is 93.2 Å². The van der Waals surface area contributed by atoms with Crippen molar-refractivity contribution in [3.63, 3.8) is 0 Å². The highest BCUT2D eigenvalue weighted by atomic mass is 16.7. The van der Waals surface area contributed by atoms with Crippen LogP contribution in [-0.4, -0.2) is 6.16 Å². The summed E-state index contributed by atoms with van der Waals surface area (Å²) >= 11 is 0. The Kier molecular flexibility index (Phi) is 3.18. The second-order valence-corrected chi connectivity index (χ2v) is 3.01. The topological polar surface area (TPSA) is 35.5 Å². The molecule has 0 fully saturated rings. The summed E-state index contributed by atoms with van der Waals surface area (Å²) < 4.78 is 9.87. The molecule has 79 valence electrons. The van der Waals surface area contributed by atoms with Crippen molar-refractivity contribution < 1.29 is 14.3 Å². The summed E-state index contributed by atoms with van der Waals surface area (Å²) in [6.07, 6.45) is -0.759. The van der Waals surface area contributed by atoms with Gasteiger partial charge in [-0.25, -0.2) is 4.79 Å². The summed E-state index contributed by atoms with van der Waals surface area (Å²) in [5.41, 5.74) is 0. The maximum atomic E-state index is 11.3. The van der Waals surface area contributed by atoms with Crippen molar-refractivity contribution in [1.82, 2.24) is 0 Å². The van der Waals surface area contributed by atoms with Crippen molar-refractivity contribution in [3.05, 3.63) is 60.7 Å². The lowest BCUT2D eigenvalue weighted by Crippen LogP contribution is -2.13. The second-order valence-electron chi connectivity index (χ2n) is 3.01. The Hall–Kier alpha value is -2.29. The van der Waals surface area contributed by atoms with Crippen LogP contribution in [-0.2, 0) is 0 Å². The van der Waals surface area contributed by atoms with Crippen LogP contribution >= 0.6 is 0 Å². The molecule has 0 aromatic heterocycles. The van der Waals surface area contributed by atoms with Gasteiger partial charge in [0.25, 0.3) is 0 Å². The van der Waals surface area contributed by atoms with Crippen LogP contribution in [0.3, 0.4) is 0 Å². The fourth-order valence-corrected chi connectivity index (χ4v) is 1.14. The van der Waals surface area contributed by atoms with Gasteiger partial charge in [0.1, 0.15) is 11.5 Å². The van der Waals surface area contributed by atoms with E-state index in [4.69, 9.17) is 9.47 Å². The zero-order valence-electron chi connectivity index (χ0n) is 8.42. The quantitative estimate of drug-likeness (QED) is 0.568. The minimum atomic E-state index is -0.759. The Morgan fingerprint density at radius 2 is 1.62 bits per heavy atom. The highest BCUT2D eigenvalue weighted by molar-refractivity contribution is 5.66. The minimum absolute atomic E-state index is 0.406. The Bertz CT molecular complexity index is 408. The van der Waals surface area contributed by atoms with Crippen molar-refractivity contribution in [1.29, 1.82) is 0 Å². The molecule has 0 atom stereocenters. The van der Waals surface area contributed by atoms with Crippen molar-refractivity contribution in [2.45, 2.75) is 0 Å². The Morgan fingerprint density at radius 3 is 2.31 bits per heavy atom. The van der Waals surface area contributed by atoms with Crippen LogP contribution in [0.4, 0.5) is 4.79 Å². The van der Waals surface area contributed by atoms with Gasteiger partial charge in [-0.1, -0.05) is 30.3 Å². The molecular formula is C13H9O3. The first-order valence-corrected chi connectivity index (χ1v) is 4.75. The average Bonchev–Trinajstić information content (AvgIpc) is 2.31. The third kappa shape index (κ3) is 2.85. The normalized spacial score (nSPS) is 9.50. The zero-order valence-corrected chi connectivity index (χ0v) is 8.42. The highest BCUT2D eigenvalue weighted by Gasteiger charge is 2.06. The van der Waals surface area contributed by atoms with E-state index >= 15 is 0 Å². The molecule has 3 nitrogen and oxygen atoms in total. The highest BCUT2D eigenvalue weighted by Crippen LogP contribution is 2.12. The molecule has 0 spiro atoms. The summed E-state index contributed by atoms with van der Waals surface area (Å²) in [5.74, 6) is 0.857. The number of rotatable bonds is 2. The first-order chi connectivity index (χ1) is 7.84. The van der Waals surface area contributed by atoms with Crippen LogP contribution in [0.2, 0.25) is 0 Å². The third-order valence-corrected chi connectivity index (χ3v) is 1.82. The fourth-order valence-electron chi connectivity index (χ4n) is 1.14. The first kappa shape index (κ1) is 10.2. The molecule has 3 heteroatoms. The molecule has 0 amide bonds. The van der Waals surface area contributed by atoms with E-state index in [0.717, 1.165) is 0 Å². The van der Waals surface area contributed by atoms with Gasteiger partial charge < -0.3 is 9.47 Å². The molecule has 0 unspecified atom stereocenters. The lowest BCUT2D eigenvalue weighted by molar-refractivity contribution is 0.152. The van der Waals surface area contributed by atoms with Gasteiger partial charge in [-0.15, -0.1) is 0 Å². The van der Waals surface area contributed by atoms with E-state index in [1.165, 1.54) is 0 Å². The number of carbonyl (C=O) groups is 1. The van der Waals surface area contributed by atoms with Gasteiger partial charge in [-0.3, -0.25) is 0 Å². The lowest BCUT2D eigenvalue weighted by atomic mass is 10.3. The maximum absolute atomic E-state index is 11.3. The van der Waals surface area contributed by atoms with Crippen LogP contribution in [0.15, 0.2) is 54.6 Å². The Morgan fingerprint density at radius 1 is 0.938 bits per heavy atom. The van der Waals surface area contributed by atoms with E-state index in [2.05, 4.69) is 6.07 Å². The molecule has 1 radical (unpaired) electrons. The SMILES string of the molecule is O=C(Oc1c[c]ccc1)Oc1ccccc1. The van der Waals surface area contributed by atoms with Crippen LogP contribution in [0.5, 0.6) is 11.5 Å². The molecule has 2 aromatic rings. The molecule has 0 heterocycles. The van der Waals surface area contributed by atoms with Gasteiger partial charge in [-0.2, -0.15) is 0 Å². The number of hydrogen-bond donors (Lipinski definition) is 0. The minimum Gasteiger partial charge on any atom is -0.395 e. The smallest absolute Gasteiger partial charge is 0.395 e. The predicted molar refractivity (Wildman–Crippen MR) is 58.4 cm³/mol. The van der Waals surface area contributed by atoms with E-state index in [-0.39, 0.29) is 0 Å². The Balaban J connectivity index is 1.95. The van der Waals surface area contributed by atoms with Crippen molar-refractivity contribution in [2.24, 2.45) is 0 Å². The monoisotopic (exact) mass is 213 g/mol. The summed E-state index contributed by atoms with van der Waals surface area (Å²) in [6, 6.07) is 18.2. The van der Waals surface area contributed by atoms with Crippen molar-refractivity contribution >= 4 is 6.16 Å². The lowest BCUT2D eigenvalue weighted by Gasteiger charge is -2.04. The molecule has 0 saturated heterocycles. The van der Waals surface area contributed by atoms with E-state index in [1.54, 1.807) is 48.5 Å². The van der Waals surface area contributed by atoms with Gasteiger partial charge in [0.2, 0.25) is 0 Å². The molecule has 16 heavy (non-hydrogen) atoms. The molecule has 2 aromatic carbocycles. The van der Waals surface area contributed by atoms with Gasteiger partial charge >= 0.3 is 6.16 Å². The molecular weight excluding hydrogens is 204 g/mol. The summed E-state index contributed by atoms with van der Waals surface area (Å²) in [4.78, 5) is 11.3. The number of para-hydroxylation sites is 1. The molecule has 0 aliphatic carbocycles. The second kappa shape index (κ2) is 4.98. The van der Waals surface area contributed by atoms with Crippen LogP contribution in [0, 0.1) is 6.07 Å². The zero-order chi connectivity index (χ0) is 11.2. The van der Waals surface area contributed by atoms with Gasteiger partial charge in [0.15, 0.2) is 0 Å². The molecule has 0 aliphatic heterocycles. The molecule has 2 rings (SSSR count). The summed E-state index contributed by atoms with van der Waals surface area (Å²) in [7, 11) is 0. The standard InChI is InChI=1S/C13H9O3/c14-13(15-11-7-3-1-4-8-11)16-12-9-5-2-6-10-12/h1-5,7-10H. The van der Waals surface area contributed by atoms with Gasteiger partial charge in [0, 0.05) is 0 Å². The van der Waals surface area contributed by atoms with Gasteiger partial charge in [-0.05, 0) is 30.3 Å². The number of ether oxygens (including phenoxy) is 2. The van der Waals surface area contributed by atoms with Crippen LogP contribution in [0.25, 0.3) is 0 Å². The number of benzene rings is 2. The van der Waals surface area contributed by atoms with Crippen LogP contribution < -0.4 is 9.47 Å². The molecule has 0 N–H and O–H groups in total. The molecule has 0 saturated carbocycles. The van der Waals surface area contributed by atoms with E-state index in [1.807, 2.05) is 6.07 Å². The van der Waals surface area contributed by atoms with Crippen molar-refractivity contribution in [3.8, 4) is 11.5 Å². The number of hydrogen-bond acceptors (Lipinski definition) is 3. The van der Waals surface area contributed by atoms with E-state index in [0.29, 0.717) is 11.5 Å². The maximum Gasteiger partial charge on any atom is 0.519 e. The molecule has 0 bridgehead atoms. The fraction of sp³-hybridized carbons (Fsp3) is 0. The van der Waals surface area contributed by atoms with Crippen molar-refractivity contribution in [2.75, 3.05) is 0 Å². The first-order valence-electron chi connectivity index (χ1n) is 4.75. The summed E-state index contributed by atoms with van der Waals surface area (Å²) in [5, 5.41) is 0. The van der Waals surface area contributed by atoms with Crippen LogP contribution in [0.1, 0.15) is 0 Å². The van der Waals surface area contributed by atoms with Gasteiger partial charge in [0.05, 0.1) is 0 Å². The predicted octanol–water partition coefficient (Wildman–Crippen LogP) is 3.06.